The van der Waals surface area contributed by atoms with Gasteiger partial charge in [-0.25, -0.2) is 23.5 Å². The number of carboxylic acid groups (broad SMARTS) is 1. The van der Waals surface area contributed by atoms with Gasteiger partial charge in [0, 0.05) is 69.5 Å². The minimum Gasteiger partial charge on any atom is -0.477 e. The lowest BCUT2D eigenvalue weighted by Crippen LogP contribution is -2.57. The van der Waals surface area contributed by atoms with E-state index in [-0.39, 0.29) is 68.6 Å². The standard InChI is InChI=1S/C27H22F5N7O3/c1-33-16-6-15(28)20(29)18-19-22(39-4-3-34-17(10-39)27(30,31)32)13(8-35-24(19)37-21(16)18)11-5-12-23(40)14(26(41)42)9-38(2)25(12)36-7-11/h5-9,17,33-34H,3-4,10H2,1-2H3,(H,35,37)(H,41,42)/t17-/m0/s1. The maximum atomic E-state index is 15.5. The number of pyridine rings is 3. The van der Waals surface area contributed by atoms with Gasteiger partial charge < -0.3 is 30.2 Å². The molecule has 1 aromatic carbocycles. The van der Waals surface area contributed by atoms with Gasteiger partial charge in [-0.3, -0.25) is 4.79 Å². The van der Waals surface area contributed by atoms with Gasteiger partial charge in [0.05, 0.1) is 33.1 Å². The first-order valence-electron chi connectivity index (χ1n) is 12.7. The third-order valence-electron chi connectivity index (χ3n) is 7.47. The van der Waals surface area contributed by atoms with Gasteiger partial charge in [-0.15, -0.1) is 0 Å². The van der Waals surface area contributed by atoms with Crippen LogP contribution in [-0.4, -0.2) is 69.5 Å². The molecule has 0 radical (unpaired) electrons. The summed E-state index contributed by atoms with van der Waals surface area (Å²) < 4.78 is 73.1. The number of hydrogen-bond acceptors (Lipinski definition) is 7. The van der Waals surface area contributed by atoms with Gasteiger partial charge in [-0.05, 0) is 6.07 Å². The number of carboxylic acids is 1. The molecule has 1 saturated heterocycles. The van der Waals surface area contributed by atoms with Crippen LogP contribution in [0.25, 0.3) is 44.1 Å². The summed E-state index contributed by atoms with van der Waals surface area (Å²) in [6.45, 7) is -0.538. The van der Waals surface area contributed by atoms with Crippen molar-refractivity contribution in [3.05, 3.63) is 58.1 Å². The Bertz CT molecular complexity index is 1990. The van der Waals surface area contributed by atoms with Crippen LogP contribution in [0.5, 0.6) is 0 Å². The minimum absolute atomic E-state index is 0.0473. The molecule has 10 nitrogen and oxygen atoms in total. The molecule has 6 rings (SSSR count). The fourth-order valence-corrected chi connectivity index (χ4v) is 5.52. The molecule has 4 aromatic heterocycles. The second kappa shape index (κ2) is 9.65. The lowest BCUT2D eigenvalue weighted by atomic mass is 10.00. The molecule has 0 bridgehead atoms. The Morgan fingerprint density at radius 1 is 1.17 bits per heavy atom. The molecule has 1 fully saturated rings. The molecule has 0 aliphatic carbocycles. The zero-order chi connectivity index (χ0) is 30.1. The van der Waals surface area contributed by atoms with E-state index in [2.05, 4.69) is 25.6 Å². The number of anilines is 2. The monoisotopic (exact) mass is 587 g/mol. The largest absolute Gasteiger partial charge is 0.477 e. The lowest BCUT2D eigenvalue weighted by Gasteiger charge is -2.37. The fraction of sp³-hybridized carbons (Fsp3) is 0.259. The van der Waals surface area contributed by atoms with Gasteiger partial charge >= 0.3 is 12.1 Å². The number of benzene rings is 1. The molecule has 5 aromatic rings. The van der Waals surface area contributed by atoms with Crippen LogP contribution >= 0.6 is 0 Å². The summed E-state index contributed by atoms with van der Waals surface area (Å²) in [6.07, 6.45) is -0.743. The van der Waals surface area contributed by atoms with Crippen molar-refractivity contribution in [2.75, 3.05) is 36.9 Å². The fourth-order valence-electron chi connectivity index (χ4n) is 5.52. The summed E-state index contributed by atoms with van der Waals surface area (Å²) in [7, 11) is 3.02. The average Bonchev–Trinajstić information content (AvgIpc) is 3.35. The minimum atomic E-state index is -4.59. The number of nitrogens with zero attached hydrogens (tertiary/aromatic N) is 4. The Labute approximate surface area is 232 Å². The van der Waals surface area contributed by atoms with Crippen LogP contribution in [0.15, 0.2) is 35.5 Å². The molecule has 0 amide bonds. The van der Waals surface area contributed by atoms with Gasteiger partial charge in [0.15, 0.2) is 11.6 Å². The number of rotatable bonds is 4. The zero-order valence-electron chi connectivity index (χ0n) is 22.0. The van der Waals surface area contributed by atoms with Crippen molar-refractivity contribution in [3.63, 3.8) is 0 Å². The van der Waals surface area contributed by atoms with E-state index in [1.165, 1.54) is 42.0 Å². The lowest BCUT2D eigenvalue weighted by molar-refractivity contribution is -0.155. The maximum Gasteiger partial charge on any atom is 0.405 e. The van der Waals surface area contributed by atoms with E-state index >= 15 is 4.39 Å². The molecule has 1 atom stereocenters. The van der Waals surface area contributed by atoms with Crippen molar-refractivity contribution in [2.45, 2.75) is 12.2 Å². The average molecular weight is 588 g/mol. The number of aromatic nitrogens is 4. The van der Waals surface area contributed by atoms with Gasteiger partial charge in [0.25, 0.3) is 0 Å². The van der Waals surface area contributed by atoms with Gasteiger partial charge in [-0.1, -0.05) is 0 Å². The van der Waals surface area contributed by atoms with Crippen LogP contribution in [0.2, 0.25) is 0 Å². The number of aromatic amines is 1. The number of hydrogen-bond donors (Lipinski definition) is 4. The Kier molecular flexibility index (Phi) is 6.29. The normalized spacial score (nSPS) is 16.1. The number of carbonyl (C=O) groups is 1. The third-order valence-corrected chi connectivity index (χ3v) is 7.47. The molecular weight excluding hydrogens is 565 g/mol. The number of alkyl halides is 3. The van der Waals surface area contributed by atoms with Crippen LogP contribution in [0.4, 0.5) is 33.3 Å². The van der Waals surface area contributed by atoms with Gasteiger partial charge in [-0.2, -0.15) is 13.2 Å². The summed E-state index contributed by atoms with van der Waals surface area (Å²) in [5, 5.41) is 14.5. The Morgan fingerprint density at radius 3 is 2.62 bits per heavy atom. The number of aromatic carboxylic acids is 1. The number of halogens is 5. The van der Waals surface area contributed by atoms with E-state index in [4.69, 9.17) is 0 Å². The number of piperazine rings is 1. The van der Waals surface area contributed by atoms with Crippen molar-refractivity contribution in [1.82, 2.24) is 24.8 Å². The molecule has 0 saturated carbocycles. The van der Waals surface area contributed by atoms with Crippen molar-refractivity contribution in [2.24, 2.45) is 7.05 Å². The van der Waals surface area contributed by atoms with Crippen LogP contribution in [-0.2, 0) is 7.05 Å². The predicted octanol–water partition coefficient (Wildman–Crippen LogP) is 3.99. The maximum absolute atomic E-state index is 15.5. The van der Waals surface area contributed by atoms with E-state index in [0.29, 0.717) is 0 Å². The molecule has 1 aliphatic heterocycles. The Balaban J connectivity index is 1.70. The second-order valence-electron chi connectivity index (χ2n) is 9.97. The highest BCUT2D eigenvalue weighted by atomic mass is 19.4. The summed E-state index contributed by atoms with van der Waals surface area (Å²) in [5.41, 5.74) is -0.128. The van der Waals surface area contributed by atoms with Crippen molar-refractivity contribution < 1.29 is 31.9 Å². The highest BCUT2D eigenvalue weighted by Gasteiger charge is 2.43. The Morgan fingerprint density at radius 2 is 1.93 bits per heavy atom. The topological polar surface area (TPSA) is 128 Å². The van der Waals surface area contributed by atoms with Gasteiger partial charge in [0.1, 0.15) is 22.9 Å². The zero-order valence-corrected chi connectivity index (χ0v) is 22.0. The second-order valence-corrected chi connectivity index (χ2v) is 9.97. The summed E-state index contributed by atoms with van der Waals surface area (Å²) in [6, 6.07) is 0.418. The van der Waals surface area contributed by atoms with Crippen molar-refractivity contribution in [1.29, 1.82) is 0 Å². The van der Waals surface area contributed by atoms with E-state index in [1.807, 2.05) is 0 Å². The molecule has 0 unspecified atom stereocenters. The number of aryl methyl sites for hydroxylation is 1. The first kappa shape index (κ1) is 27.4. The predicted molar refractivity (Wildman–Crippen MR) is 146 cm³/mol. The molecule has 218 valence electrons. The molecule has 1 aliphatic rings. The molecule has 4 N–H and O–H groups in total. The van der Waals surface area contributed by atoms with E-state index in [9.17, 15) is 32.3 Å². The molecule has 42 heavy (non-hydrogen) atoms. The van der Waals surface area contributed by atoms with Crippen LogP contribution in [0.1, 0.15) is 10.4 Å². The van der Waals surface area contributed by atoms with Crippen LogP contribution < -0.4 is 21.0 Å². The molecular formula is C27H22F5N7O3. The molecule has 0 spiro atoms. The highest BCUT2D eigenvalue weighted by Crippen LogP contribution is 2.44. The summed E-state index contributed by atoms with van der Waals surface area (Å²) in [4.78, 5) is 37.8. The van der Waals surface area contributed by atoms with Gasteiger partial charge in [0.2, 0.25) is 5.43 Å². The Hall–Kier alpha value is -4.79. The van der Waals surface area contributed by atoms with E-state index < -0.39 is 47.4 Å². The van der Waals surface area contributed by atoms with Crippen LogP contribution in [0.3, 0.4) is 0 Å². The summed E-state index contributed by atoms with van der Waals surface area (Å²) in [5.74, 6) is -3.83. The van der Waals surface area contributed by atoms with E-state index in [0.717, 1.165) is 12.3 Å². The van der Waals surface area contributed by atoms with E-state index in [1.54, 1.807) is 0 Å². The number of H-pyrrole nitrogens is 1. The van der Waals surface area contributed by atoms with Crippen molar-refractivity contribution >= 4 is 50.3 Å². The number of nitrogens with one attached hydrogen (secondary N) is 3. The first-order chi connectivity index (χ1) is 19.9. The SMILES string of the molecule is CNc1cc(F)c(F)c2c1[nH]c1ncc(-c3cnc4c(c3)c(=O)c(C(=O)O)cn4C)c(N3CCN[C@H](C(F)(F)F)C3)c12. The highest BCUT2D eigenvalue weighted by molar-refractivity contribution is 6.18. The smallest absolute Gasteiger partial charge is 0.405 e. The van der Waals surface area contributed by atoms with Crippen molar-refractivity contribution in [3.8, 4) is 11.1 Å². The third kappa shape index (κ3) is 4.19. The first-order valence-corrected chi connectivity index (χ1v) is 12.7. The molecule has 15 heteroatoms. The van der Waals surface area contributed by atoms with Crippen LogP contribution in [0, 0.1) is 11.6 Å². The number of fused-ring (bicyclic) bond motifs is 4. The summed E-state index contributed by atoms with van der Waals surface area (Å²) >= 11 is 0. The quantitative estimate of drug-likeness (QED) is 0.233. The molecule has 5 heterocycles.